The van der Waals surface area contributed by atoms with Gasteiger partial charge in [0, 0.05) is 0 Å². The summed E-state index contributed by atoms with van der Waals surface area (Å²) in [5, 5.41) is 0. The quantitative estimate of drug-likeness (QED) is 0.546. The second-order valence-electron chi connectivity index (χ2n) is 7.45. The number of ether oxygens (including phenoxy) is 2. The molecule has 0 radical (unpaired) electrons. The highest BCUT2D eigenvalue weighted by molar-refractivity contribution is 7.90. The van der Waals surface area contributed by atoms with Gasteiger partial charge in [0.25, 0.3) is 0 Å². The number of carbonyl (C=O) groups is 2. The minimum atomic E-state index is -3.81. The molecule has 0 saturated heterocycles. The first-order valence-electron chi connectivity index (χ1n) is 9.09. The Balaban J connectivity index is 1.84. The minimum absolute atomic E-state index is 0.105. The maximum absolute atomic E-state index is 12.0. The van der Waals surface area contributed by atoms with Crippen LogP contribution in [0, 0.1) is 0 Å². The summed E-state index contributed by atoms with van der Waals surface area (Å²) in [7, 11) is -3.81. The van der Waals surface area contributed by atoms with E-state index in [0.29, 0.717) is 5.75 Å². The molecule has 1 N–H and O–H groups in total. The molecule has 0 aliphatic rings. The van der Waals surface area contributed by atoms with Crippen LogP contribution in [-0.2, 0) is 32.4 Å². The number of aryl methyl sites for hydroxylation is 1. The van der Waals surface area contributed by atoms with Gasteiger partial charge in [-0.05, 0) is 50.5 Å². The predicted octanol–water partition coefficient (Wildman–Crippen LogP) is 3.23. The lowest BCUT2D eigenvalue weighted by molar-refractivity contribution is -0.133. The average molecular weight is 419 g/mol. The second kappa shape index (κ2) is 9.56. The van der Waals surface area contributed by atoms with Gasteiger partial charge in [0.2, 0.25) is 10.0 Å². The summed E-state index contributed by atoms with van der Waals surface area (Å²) in [5.41, 5.74) is 0.737. The molecule has 0 fully saturated rings. The smallest absolute Gasteiger partial charge is 0.421 e. The average Bonchev–Trinajstić information content (AvgIpc) is 2.60. The molecule has 0 saturated carbocycles. The van der Waals surface area contributed by atoms with Crippen molar-refractivity contribution < 1.29 is 27.5 Å². The summed E-state index contributed by atoms with van der Waals surface area (Å²) in [6.07, 6.45) is -0.676. The molecule has 8 heteroatoms. The molecule has 1 amide bonds. The van der Waals surface area contributed by atoms with E-state index in [2.05, 4.69) is 0 Å². The van der Waals surface area contributed by atoms with Crippen LogP contribution in [-0.4, -0.2) is 31.8 Å². The van der Waals surface area contributed by atoms with Gasteiger partial charge in [-0.2, -0.15) is 0 Å². The van der Waals surface area contributed by atoms with Crippen molar-refractivity contribution in [2.45, 2.75) is 39.2 Å². The van der Waals surface area contributed by atoms with Crippen LogP contribution in [0.5, 0.6) is 5.75 Å². The highest BCUT2D eigenvalue weighted by Gasteiger charge is 2.21. The van der Waals surface area contributed by atoms with Gasteiger partial charge in [-0.25, -0.2) is 17.9 Å². The van der Waals surface area contributed by atoms with Crippen molar-refractivity contribution in [2.75, 3.05) is 5.75 Å². The Morgan fingerprint density at radius 3 is 2.10 bits per heavy atom. The van der Waals surface area contributed by atoms with Gasteiger partial charge >= 0.3 is 12.1 Å². The largest absolute Gasteiger partial charge is 0.443 e. The van der Waals surface area contributed by atoms with Crippen LogP contribution in [0.1, 0.15) is 31.9 Å². The van der Waals surface area contributed by atoms with Crippen LogP contribution in [0.3, 0.4) is 0 Å². The Kier molecular flexibility index (Phi) is 7.39. The van der Waals surface area contributed by atoms with E-state index in [-0.39, 0.29) is 24.6 Å². The molecule has 0 spiro atoms. The van der Waals surface area contributed by atoms with E-state index in [0.717, 1.165) is 11.1 Å². The van der Waals surface area contributed by atoms with E-state index in [4.69, 9.17) is 9.47 Å². The number of carbonyl (C=O) groups excluding carboxylic acids is 2. The summed E-state index contributed by atoms with van der Waals surface area (Å²) in [4.78, 5) is 23.6. The lowest BCUT2D eigenvalue weighted by Gasteiger charge is -2.19. The fourth-order valence-corrected chi connectivity index (χ4v) is 3.28. The van der Waals surface area contributed by atoms with Gasteiger partial charge in [-0.3, -0.25) is 4.79 Å². The molecule has 29 heavy (non-hydrogen) atoms. The zero-order valence-electron chi connectivity index (χ0n) is 16.7. The maximum Gasteiger partial charge on any atom is 0.421 e. The molecule has 0 bridgehead atoms. The molecule has 0 aliphatic carbocycles. The molecule has 0 aromatic heterocycles. The zero-order chi connectivity index (χ0) is 21.5. The first-order chi connectivity index (χ1) is 13.5. The van der Waals surface area contributed by atoms with Crippen LogP contribution >= 0.6 is 0 Å². The Morgan fingerprint density at radius 2 is 1.52 bits per heavy atom. The Bertz CT molecular complexity index is 931. The van der Waals surface area contributed by atoms with Crippen molar-refractivity contribution in [3.8, 4) is 5.75 Å². The van der Waals surface area contributed by atoms with E-state index >= 15 is 0 Å². The minimum Gasteiger partial charge on any atom is -0.443 e. The topological polar surface area (TPSA) is 98.8 Å². The molecule has 0 heterocycles. The van der Waals surface area contributed by atoms with Gasteiger partial charge in [0.1, 0.15) is 11.4 Å². The molecule has 2 aromatic rings. The van der Waals surface area contributed by atoms with Crippen LogP contribution in [0.4, 0.5) is 4.79 Å². The number of esters is 1. The summed E-state index contributed by atoms with van der Waals surface area (Å²) >= 11 is 0. The number of para-hydroxylation sites is 1. The summed E-state index contributed by atoms with van der Waals surface area (Å²) in [5.74, 6) is -0.161. The first-order valence-corrected chi connectivity index (χ1v) is 10.7. The number of amides is 1. The van der Waals surface area contributed by atoms with Crippen LogP contribution in [0.25, 0.3) is 0 Å². The lowest BCUT2D eigenvalue weighted by atomic mass is 10.1. The number of rotatable bonds is 7. The number of sulfonamides is 1. The van der Waals surface area contributed by atoms with E-state index in [1.54, 1.807) is 69.3 Å². The number of nitrogens with one attached hydrogen (secondary N) is 1. The van der Waals surface area contributed by atoms with E-state index in [1.807, 2.05) is 10.8 Å². The molecule has 2 aromatic carbocycles. The van der Waals surface area contributed by atoms with Gasteiger partial charge in [0.05, 0.1) is 12.2 Å². The third-order valence-electron chi connectivity index (χ3n) is 3.64. The normalized spacial score (nSPS) is 11.6. The number of hydrogen-bond donors (Lipinski definition) is 1. The van der Waals surface area contributed by atoms with E-state index in [1.165, 1.54) is 0 Å². The first kappa shape index (κ1) is 22.4. The van der Waals surface area contributed by atoms with E-state index in [9.17, 15) is 18.0 Å². The van der Waals surface area contributed by atoms with Gasteiger partial charge in [-0.15, -0.1) is 0 Å². The number of hydrogen-bond acceptors (Lipinski definition) is 6. The SMILES string of the molecule is CC(C)(C)OC(=O)NS(=O)(=O)CCc1ccc(CC(=O)Oc2ccccc2)cc1. The zero-order valence-corrected chi connectivity index (χ0v) is 17.5. The molecular weight excluding hydrogens is 394 g/mol. The van der Waals surface area contributed by atoms with Crippen molar-refractivity contribution in [2.24, 2.45) is 0 Å². The summed E-state index contributed by atoms with van der Waals surface area (Å²) in [6, 6.07) is 15.8. The highest BCUT2D eigenvalue weighted by Crippen LogP contribution is 2.12. The molecule has 0 atom stereocenters. The Labute approximate surface area is 171 Å². The van der Waals surface area contributed by atoms with Gasteiger partial charge < -0.3 is 9.47 Å². The third kappa shape index (κ3) is 8.78. The van der Waals surface area contributed by atoms with Crippen molar-refractivity contribution in [3.05, 3.63) is 65.7 Å². The Morgan fingerprint density at radius 1 is 0.931 bits per heavy atom. The molecule has 7 nitrogen and oxygen atoms in total. The summed E-state index contributed by atoms with van der Waals surface area (Å²) in [6.45, 7) is 4.95. The van der Waals surface area contributed by atoms with Gasteiger partial charge in [0.15, 0.2) is 0 Å². The fraction of sp³-hybridized carbons (Fsp3) is 0.333. The van der Waals surface area contributed by atoms with Gasteiger partial charge in [-0.1, -0.05) is 42.5 Å². The highest BCUT2D eigenvalue weighted by atomic mass is 32.2. The van der Waals surface area contributed by atoms with Crippen LogP contribution in [0.15, 0.2) is 54.6 Å². The third-order valence-corrected chi connectivity index (χ3v) is 4.86. The van der Waals surface area contributed by atoms with Crippen molar-refractivity contribution >= 4 is 22.1 Å². The maximum atomic E-state index is 12.0. The predicted molar refractivity (Wildman–Crippen MR) is 109 cm³/mol. The second-order valence-corrected chi connectivity index (χ2v) is 9.30. The van der Waals surface area contributed by atoms with Crippen molar-refractivity contribution in [3.63, 3.8) is 0 Å². The molecule has 0 aliphatic heterocycles. The van der Waals surface area contributed by atoms with Crippen molar-refractivity contribution in [1.82, 2.24) is 4.72 Å². The number of benzene rings is 2. The molecular formula is C21H25NO6S. The van der Waals surface area contributed by atoms with E-state index < -0.39 is 21.7 Å². The summed E-state index contributed by atoms with van der Waals surface area (Å²) < 4.78 is 36.1. The standard InChI is InChI=1S/C21H25NO6S/c1-21(2,3)28-20(24)22-29(25,26)14-13-16-9-11-17(12-10-16)15-19(23)27-18-7-5-4-6-8-18/h4-12H,13-15H2,1-3H3,(H,22,24). The van der Waals surface area contributed by atoms with Crippen molar-refractivity contribution in [1.29, 1.82) is 0 Å². The molecule has 0 unspecified atom stereocenters. The Hall–Kier alpha value is -2.87. The molecule has 156 valence electrons. The fourth-order valence-electron chi connectivity index (χ4n) is 2.38. The van der Waals surface area contributed by atoms with Crippen LogP contribution < -0.4 is 9.46 Å². The lowest BCUT2D eigenvalue weighted by Crippen LogP contribution is -2.37. The molecule has 2 rings (SSSR count). The monoisotopic (exact) mass is 419 g/mol. The van der Waals surface area contributed by atoms with Crippen LogP contribution in [0.2, 0.25) is 0 Å².